The predicted molar refractivity (Wildman–Crippen MR) is 68.6 cm³/mol. The molecule has 0 saturated heterocycles. The summed E-state index contributed by atoms with van der Waals surface area (Å²) in [5, 5.41) is 4.39. The molecule has 1 aliphatic heterocycles. The zero-order valence-electron chi connectivity index (χ0n) is 9.39. The summed E-state index contributed by atoms with van der Waals surface area (Å²) in [7, 11) is 0. The van der Waals surface area contributed by atoms with Gasteiger partial charge in [-0.25, -0.2) is 4.39 Å². The van der Waals surface area contributed by atoms with E-state index in [4.69, 9.17) is 11.6 Å². The van der Waals surface area contributed by atoms with Gasteiger partial charge in [-0.3, -0.25) is 0 Å². The molecule has 1 heterocycles. The molecule has 0 saturated carbocycles. The van der Waals surface area contributed by atoms with Gasteiger partial charge in [0.1, 0.15) is 5.82 Å². The third-order valence-electron chi connectivity index (χ3n) is 2.94. The zero-order valence-corrected chi connectivity index (χ0v) is 11.0. The number of nitrogens with one attached hydrogen (secondary N) is 1. The van der Waals surface area contributed by atoms with E-state index < -0.39 is 0 Å². The molecular weight excluding hydrogens is 245 g/mol. The van der Waals surface area contributed by atoms with Crippen molar-refractivity contribution in [3.63, 3.8) is 0 Å². The number of rotatable bonds is 2. The molecule has 0 bridgehead atoms. The third kappa shape index (κ3) is 2.08. The van der Waals surface area contributed by atoms with Gasteiger partial charge in [0, 0.05) is 27.6 Å². The minimum Gasteiger partial charge on any atom is -0.309 e. The normalized spacial score (nSPS) is 24.2. The molecule has 1 aliphatic rings. The second kappa shape index (κ2) is 4.94. The third-order valence-corrected chi connectivity index (χ3v) is 4.55. The lowest BCUT2D eigenvalue weighted by molar-refractivity contribution is 0.501. The summed E-state index contributed by atoms with van der Waals surface area (Å²) in [4.78, 5) is 0. The lowest BCUT2D eigenvalue weighted by Crippen LogP contribution is -2.32. The largest absolute Gasteiger partial charge is 0.309 e. The van der Waals surface area contributed by atoms with Gasteiger partial charge in [0.25, 0.3) is 0 Å². The summed E-state index contributed by atoms with van der Waals surface area (Å²) < 4.78 is 13.9. The Morgan fingerprint density at radius 3 is 3.00 bits per heavy atom. The Bertz CT molecular complexity index is 397. The van der Waals surface area contributed by atoms with Crippen LogP contribution in [0.5, 0.6) is 0 Å². The molecule has 2 atom stereocenters. The van der Waals surface area contributed by atoms with Crippen LogP contribution in [0.15, 0.2) is 12.1 Å². The Balaban J connectivity index is 2.49. The van der Waals surface area contributed by atoms with Gasteiger partial charge in [0.2, 0.25) is 0 Å². The Morgan fingerprint density at radius 1 is 1.56 bits per heavy atom. The van der Waals surface area contributed by atoms with E-state index in [1.54, 1.807) is 6.07 Å². The first-order valence-corrected chi connectivity index (χ1v) is 6.89. The first kappa shape index (κ1) is 12.2. The van der Waals surface area contributed by atoms with Crippen molar-refractivity contribution in [1.29, 1.82) is 0 Å². The summed E-state index contributed by atoms with van der Waals surface area (Å²) in [6.45, 7) is 5.00. The van der Waals surface area contributed by atoms with E-state index in [9.17, 15) is 4.39 Å². The summed E-state index contributed by atoms with van der Waals surface area (Å²) in [5.41, 5.74) is 1.72. The molecule has 1 N–H and O–H groups in total. The Kier molecular flexibility index (Phi) is 3.77. The van der Waals surface area contributed by atoms with Crippen molar-refractivity contribution in [2.24, 2.45) is 0 Å². The molecule has 88 valence electrons. The van der Waals surface area contributed by atoms with Crippen LogP contribution >= 0.6 is 23.4 Å². The number of hydrogen-bond donors (Lipinski definition) is 1. The minimum absolute atomic E-state index is 0.0671. The molecule has 0 aromatic heterocycles. The molecular formula is C12H15ClFNS. The van der Waals surface area contributed by atoms with Gasteiger partial charge in [-0.2, -0.15) is 11.8 Å². The molecule has 0 amide bonds. The summed E-state index contributed by atoms with van der Waals surface area (Å²) >= 11 is 7.94. The fourth-order valence-electron chi connectivity index (χ4n) is 2.13. The van der Waals surface area contributed by atoms with E-state index in [0.29, 0.717) is 10.3 Å². The second-order valence-corrected chi connectivity index (χ2v) is 5.75. The molecule has 1 aromatic carbocycles. The molecule has 0 fully saturated rings. The topological polar surface area (TPSA) is 12.0 Å². The highest BCUT2D eigenvalue weighted by Crippen LogP contribution is 2.41. The van der Waals surface area contributed by atoms with Crippen LogP contribution in [0.2, 0.25) is 5.02 Å². The molecule has 0 radical (unpaired) electrons. The smallest absolute Gasteiger partial charge is 0.128 e. The first-order chi connectivity index (χ1) is 7.65. The van der Waals surface area contributed by atoms with Crippen LogP contribution in [0.3, 0.4) is 0 Å². The fraction of sp³-hybridized carbons (Fsp3) is 0.500. The maximum atomic E-state index is 13.9. The maximum absolute atomic E-state index is 13.9. The highest BCUT2D eigenvalue weighted by Gasteiger charge is 2.30. The Morgan fingerprint density at radius 2 is 2.31 bits per heavy atom. The van der Waals surface area contributed by atoms with E-state index in [0.717, 1.165) is 23.4 Å². The van der Waals surface area contributed by atoms with Gasteiger partial charge >= 0.3 is 0 Å². The van der Waals surface area contributed by atoms with Crippen LogP contribution in [0.25, 0.3) is 0 Å². The lowest BCUT2D eigenvalue weighted by atomic mass is 9.97. The van der Waals surface area contributed by atoms with Crippen molar-refractivity contribution in [3.05, 3.63) is 34.1 Å². The number of benzene rings is 1. The molecule has 2 rings (SSSR count). The molecule has 0 spiro atoms. The van der Waals surface area contributed by atoms with Crippen molar-refractivity contribution in [3.8, 4) is 0 Å². The van der Waals surface area contributed by atoms with Crippen molar-refractivity contribution < 1.29 is 4.39 Å². The van der Waals surface area contributed by atoms with Gasteiger partial charge < -0.3 is 5.32 Å². The molecule has 1 aromatic rings. The average Bonchev–Trinajstić information content (AvgIpc) is 2.27. The average molecular weight is 260 g/mol. The van der Waals surface area contributed by atoms with Gasteiger partial charge in [-0.15, -0.1) is 0 Å². The summed E-state index contributed by atoms with van der Waals surface area (Å²) in [6.07, 6.45) is 0. The van der Waals surface area contributed by atoms with Crippen molar-refractivity contribution in [2.45, 2.75) is 30.9 Å². The number of thioether (sulfide) groups is 1. The van der Waals surface area contributed by atoms with Gasteiger partial charge in [0.05, 0.1) is 0 Å². The van der Waals surface area contributed by atoms with Crippen molar-refractivity contribution >= 4 is 23.4 Å². The number of hydrogen-bond acceptors (Lipinski definition) is 2. The predicted octanol–water partition coefficient (Wildman–Crippen LogP) is 3.77. The molecule has 0 aliphatic carbocycles. The van der Waals surface area contributed by atoms with E-state index in [1.807, 2.05) is 18.7 Å². The Hall–Kier alpha value is -0.250. The van der Waals surface area contributed by atoms with Crippen LogP contribution in [-0.4, -0.2) is 11.8 Å². The van der Waals surface area contributed by atoms with Crippen molar-refractivity contribution in [1.82, 2.24) is 5.32 Å². The number of halogens is 2. The van der Waals surface area contributed by atoms with Gasteiger partial charge in [0.15, 0.2) is 0 Å². The van der Waals surface area contributed by atoms with Gasteiger partial charge in [-0.05, 0) is 24.2 Å². The first-order valence-electron chi connectivity index (χ1n) is 5.47. The minimum atomic E-state index is -0.141. The van der Waals surface area contributed by atoms with Crippen LogP contribution < -0.4 is 5.32 Å². The summed E-state index contributed by atoms with van der Waals surface area (Å²) in [6, 6.07) is 3.18. The summed E-state index contributed by atoms with van der Waals surface area (Å²) in [5.74, 6) is 0.659. The quantitative estimate of drug-likeness (QED) is 0.868. The number of fused-ring (bicyclic) bond motifs is 1. The lowest BCUT2D eigenvalue weighted by Gasteiger charge is -2.32. The van der Waals surface area contributed by atoms with Crippen LogP contribution in [0.4, 0.5) is 4.39 Å². The molecule has 16 heavy (non-hydrogen) atoms. The van der Waals surface area contributed by atoms with Gasteiger partial charge in [-0.1, -0.05) is 25.4 Å². The SMILES string of the molecule is CCNC1c2c(F)ccc(Cl)c2CSC1C. The van der Waals surface area contributed by atoms with Crippen LogP contribution in [0.1, 0.15) is 31.0 Å². The van der Waals surface area contributed by atoms with Crippen LogP contribution in [0, 0.1) is 5.82 Å². The maximum Gasteiger partial charge on any atom is 0.128 e. The standard InChI is InChI=1S/C12H15ClFNS/c1-3-15-12-7(2)16-6-8-9(13)4-5-10(14)11(8)12/h4-5,7,12,15H,3,6H2,1-2H3. The molecule has 4 heteroatoms. The van der Waals surface area contributed by atoms with E-state index >= 15 is 0 Å². The van der Waals surface area contributed by atoms with Crippen LogP contribution in [-0.2, 0) is 5.75 Å². The monoisotopic (exact) mass is 259 g/mol. The van der Waals surface area contributed by atoms with E-state index in [-0.39, 0.29) is 11.9 Å². The highest BCUT2D eigenvalue weighted by atomic mass is 35.5. The molecule has 1 nitrogen and oxygen atoms in total. The second-order valence-electron chi connectivity index (χ2n) is 3.97. The Labute approximate surface area is 105 Å². The molecule has 2 unspecified atom stereocenters. The van der Waals surface area contributed by atoms with Crippen molar-refractivity contribution in [2.75, 3.05) is 6.54 Å². The van der Waals surface area contributed by atoms with E-state index in [1.165, 1.54) is 6.07 Å². The highest BCUT2D eigenvalue weighted by molar-refractivity contribution is 7.99. The van der Waals surface area contributed by atoms with E-state index in [2.05, 4.69) is 12.2 Å². The zero-order chi connectivity index (χ0) is 11.7. The fourth-order valence-corrected chi connectivity index (χ4v) is 3.60.